The summed E-state index contributed by atoms with van der Waals surface area (Å²) in [6.45, 7) is 2.38. The summed E-state index contributed by atoms with van der Waals surface area (Å²) in [6.07, 6.45) is 0.567. The highest BCUT2D eigenvalue weighted by molar-refractivity contribution is 9.10. The average Bonchev–Trinajstić information content (AvgIpc) is 2.24. The van der Waals surface area contributed by atoms with Crippen molar-refractivity contribution in [3.63, 3.8) is 0 Å². The molecule has 17 heavy (non-hydrogen) atoms. The first-order chi connectivity index (χ1) is 7.95. The number of benzene rings is 1. The number of halogens is 2. The molecular formula is C12H15BrClNO2. The summed E-state index contributed by atoms with van der Waals surface area (Å²) in [4.78, 5) is 12.8. The molecular weight excluding hydrogens is 305 g/mol. The van der Waals surface area contributed by atoms with Crippen LogP contribution in [0.1, 0.15) is 18.9 Å². The predicted molar refractivity (Wildman–Crippen MR) is 72.3 cm³/mol. The van der Waals surface area contributed by atoms with E-state index >= 15 is 0 Å². The predicted octanol–water partition coefficient (Wildman–Crippen LogP) is 3.40. The van der Waals surface area contributed by atoms with E-state index in [0.29, 0.717) is 18.0 Å². The van der Waals surface area contributed by atoms with E-state index in [2.05, 4.69) is 15.9 Å². The first-order valence-corrected chi connectivity index (χ1v) is 6.49. The zero-order valence-electron chi connectivity index (χ0n) is 9.78. The molecule has 0 heterocycles. The highest BCUT2D eigenvalue weighted by Crippen LogP contribution is 2.22. The molecule has 0 aliphatic carbocycles. The maximum atomic E-state index is 11.0. The molecule has 1 aromatic rings. The molecule has 1 atom stereocenters. The summed E-state index contributed by atoms with van der Waals surface area (Å²) in [7, 11) is 1.79. The first kappa shape index (κ1) is 14.5. The van der Waals surface area contributed by atoms with E-state index in [1.807, 2.05) is 19.1 Å². The van der Waals surface area contributed by atoms with Gasteiger partial charge in [-0.15, -0.1) is 0 Å². The van der Waals surface area contributed by atoms with Gasteiger partial charge in [0.05, 0.1) is 0 Å². The zero-order valence-corrected chi connectivity index (χ0v) is 12.1. The van der Waals surface area contributed by atoms with Gasteiger partial charge in [-0.05, 0) is 37.2 Å². The second kappa shape index (κ2) is 6.38. The van der Waals surface area contributed by atoms with E-state index < -0.39 is 12.0 Å². The lowest BCUT2D eigenvalue weighted by molar-refractivity contribution is -0.143. The summed E-state index contributed by atoms with van der Waals surface area (Å²) in [6, 6.07) is 5.09. The van der Waals surface area contributed by atoms with Crippen LogP contribution in [0.25, 0.3) is 0 Å². The third-order valence-electron chi connectivity index (χ3n) is 2.63. The van der Waals surface area contributed by atoms with Crippen LogP contribution in [0.15, 0.2) is 22.7 Å². The number of likely N-dealkylation sites (N-methyl/N-ethyl adjacent to an activating group) is 1. The number of carboxylic acids is 1. The molecule has 0 saturated heterocycles. The lowest BCUT2D eigenvalue weighted by Crippen LogP contribution is -2.37. The highest BCUT2D eigenvalue weighted by Gasteiger charge is 2.20. The van der Waals surface area contributed by atoms with Crippen molar-refractivity contribution in [2.75, 3.05) is 7.05 Å². The Morgan fingerprint density at radius 1 is 1.59 bits per heavy atom. The minimum Gasteiger partial charge on any atom is -0.480 e. The summed E-state index contributed by atoms with van der Waals surface area (Å²) in [5.74, 6) is -0.805. The molecule has 94 valence electrons. The number of hydrogen-bond donors (Lipinski definition) is 1. The van der Waals surface area contributed by atoms with Gasteiger partial charge in [-0.3, -0.25) is 9.69 Å². The Labute approximate surface area is 115 Å². The molecule has 1 unspecified atom stereocenters. The molecule has 0 aliphatic rings. The highest BCUT2D eigenvalue weighted by atomic mass is 79.9. The molecule has 1 rings (SSSR count). The van der Waals surface area contributed by atoms with Crippen LogP contribution in [0.2, 0.25) is 5.02 Å². The Morgan fingerprint density at radius 2 is 2.24 bits per heavy atom. The van der Waals surface area contributed by atoms with Gasteiger partial charge in [-0.1, -0.05) is 34.5 Å². The molecule has 0 bridgehead atoms. The molecule has 0 spiro atoms. The van der Waals surface area contributed by atoms with E-state index in [1.165, 1.54) is 0 Å². The van der Waals surface area contributed by atoms with Crippen LogP contribution < -0.4 is 0 Å². The number of rotatable bonds is 5. The van der Waals surface area contributed by atoms with E-state index in [9.17, 15) is 4.79 Å². The third kappa shape index (κ3) is 3.98. The van der Waals surface area contributed by atoms with E-state index in [0.717, 1.165) is 10.0 Å². The fraction of sp³-hybridized carbons (Fsp3) is 0.417. The SMILES string of the molecule is CCC(C(=O)O)N(C)Cc1cc(Br)ccc1Cl. The molecule has 0 saturated carbocycles. The molecule has 5 heteroatoms. The monoisotopic (exact) mass is 319 g/mol. The molecule has 3 nitrogen and oxygen atoms in total. The number of carbonyl (C=O) groups is 1. The van der Waals surface area contributed by atoms with Crippen LogP contribution in [-0.2, 0) is 11.3 Å². The molecule has 0 fully saturated rings. The Morgan fingerprint density at radius 3 is 2.76 bits per heavy atom. The molecule has 0 radical (unpaired) electrons. The largest absolute Gasteiger partial charge is 0.480 e. The van der Waals surface area contributed by atoms with Gasteiger partial charge in [0.1, 0.15) is 6.04 Å². The number of nitrogens with zero attached hydrogens (tertiary/aromatic N) is 1. The van der Waals surface area contributed by atoms with E-state index in [1.54, 1.807) is 18.0 Å². The molecule has 1 N–H and O–H groups in total. The maximum absolute atomic E-state index is 11.0. The van der Waals surface area contributed by atoms with Crippen molar-refractivity contribution in [2.24, 2.45) is 0 Å². The minimum atomic E-state index is -0.805. The number of aliphatic carboxylic acids is 1. The van der Waals surface area contributed by atoms with Gasteiger partial charge in [-0.2, -0.15) is 0 Å². The van der Waals surface area contributed by atoms with Crippen LogP contribution in [0.4, 0.5) is 0 Å². The van der Waals surface area contributed by atoms with Gasteiger partial charge in [0.15, 0.2) is 0 Å². The molecule has 0 aliphatic heterocycles. The van der Waals surface area contributed by atoms with Crippen molar-refractivity contribution >= 4 is 33.5 Å². The van der Waals surface area contributed by atoms with Crippen LogP contribution in [0.5, 0.6) is 0 Å². The lowest BCUT2D eigenvalue weighted by Gasteiger charge is -2.23. The third-order valence-corrected chi connectivity index (χ3v) is 3.49. The summed E-state index contributed by atoms with van der Waals surface area (Å²) in [5, 5.41) is 9.71. The van der Waals surface area contributed by atoms with Gasteiger partial charge in [-0.25, -0.2) is 0 Å². The van der Waals surface area contributed by atoms with Gasteiger partial charge < -0.3 is 5.11 Å². The molecule has 1 aromatic carbocycles. The average molecular weight is 321 g/mol. The van der Waals surface area contributed by atoms with Crippen molar-refractivity contribution in [1.82, 2.24) is 4.90 Å². The first-order valence-electron chi connectivity index (χ1n) is 5.32. The van der Waals surface area contributed by atoms with E-state index in [4.69, 9.17) is 16.7 Å². The number of hydrogen-bond acceptors (Lipinski definition) is 2. The standard InChI is InChI=1S/C12H15BrClNO2/c1-3-11(12(16)17)15(2)7-8-6-9(13)4-5-10(8)14/h4-6,11H,3,7H2,1-2H3,(H,16,17). The lowest BCUT2D eigenvalue weighted by atomic mass is 10.1. The van der Waals surface area contributed by atoms with Crippen LogP contribution in [0.3, 0.4) is 0 Å². The second-order valence-electron chi connectivity index (χ2n) is 3.91. The zero-order chi connectivity index (χ0) is 13.0. The molecule has 0 aromatic heterocycles. The fourth-order valence-corrected chi connectivity index (χ4v) is 2.30. The van der Waals surface area contributed by atoms with Crippen LogP contribution >= 0.6 is 27.5 Å². The van der Waals surface area contributed by atoms with Gasteiger partial charge in [0.25, 0.3) is 0 Å². The summed E-state index contributed by atoms with van der Waals surface area (Å²) < 4.78 is 0.939. The fourth-order valence-electron chi connectivity index (χ4n) is 1.72. The van der Waals surface area contributed by atoms with Crippen molar-refractivity contribution in [1.29, 1.82) is 0 Å². The van der Waals surface area contributed by atoms with Crippen molar-refractivity contribution in [3.05, 3.63) is 33.3 Å². The summed E-state index contributed by atoms with van der Waals surface area (Å²) in [5.41, 5.74) is 0.920. The van der Waals surface area contributed by atoms with Crippen LogP contribution in [0, 0.1) is 0 Å². The minimum absolute atomic E-state index is 0.481. The van der Waals surface area contributed by atoms with Gasteiger partial charge in [0.2, 0.25) is 0 Å². The number of carboxylic acid groups (broad SMARTS) is 1. The van der Waals surface area contributed by atoms with E-state index in [-0.39, 0.29) is 0 Å². The smallest absolute Gasteiger partial charge is 0.320 e. The van der Waals surface area contributed by atoms with Gasteiger partial charge in [0, 0.05) is 16.0 Å². The Balaban J connectivity index is 2.83. The molecule has 0 amide bonds. The Kier molecular flexibility index (Phi) is 5.43. The van der Waals surface area contributed by atoms with Crippen molar-refractivity contribution in [2.45, 2.75) is 25.9 Å². The summed E-state index contributed by atoms with van der Waals surface area (Å²) >= 11 is 9.45. The maximum Gasteiger partial charge on any atom is 0.320 e. The Bertz CT molecular complexity index is 411. The van der Waals surface area contributed by atoms with Crippen molar-refractivity contribution < 1.29 is 9.90 Å². The van der Waals surface area contributed by atoms with Gasteiger partial charge >= 0.3 is 5.97 Å². The van der Waals surface area contributed by atoms with Crippen molar-refractivity contribution in [3.8, 4) is 0 Å². The quantitative estimate of drug-likeness (QED) is 0.904. The Hall–Kier alpha value is -0.580. The second-order valence-corrected chi connectivity index (χ2v) is 5.24. The van der Waals surface area contributed by atoms with Crippen LogP contribution in [-0.4, -0.2) is 29.1 Å². The normalized spacial score (nSPS) is 12.8. The topological polar surface area (TPSA) is 40.5 Å².